The standard InChI is InChI=1S/C14H13NOS/c15-14(17)13-4-2-1-3-12(13)11-7-5-10(9-16)6-8-11/h1-8,16H,9H2,(H2,15,17). The first-order valence-electron chi connectivity index (χ1n) is 5.31. The second kappa shape index (κ2) is 5.08. The molecule has 0 aliphatic carbocycles. The molecule has 0 saturated heterocycles. The van der Waals surface area contributed by atoms with Crippen molar-refractivity contribution in [3.63, 3.8) is 0 Å². The third kappa shape index (κ3) is 2.52. The Hall–Kier alpha value is -1.71. The lowest BCUT2D eigenvalue weighted by Crippen LogP contribution is -2.10. The minimum absolute atomic E-state index is 0.0528. The molecule has 0 amide bonds. The highest BCUT2D eigenvalue weighted by atomic mass is 32.1. The average molecular weight is 243 g/mol. The van der Waals surface area contributed by atoms with Crippen LogP contribution in [0.3, 0.4) is 0 Å². The van der Waals surface area contributed by atoms with Crippen LogP contribution in [0.5, 0.6) is 0 Å². The Morgan fingerprint density at radius 2 is 1.71 bits per heavy atom. The van der Waals surface area contributed by atoms with Crippen molar-refractivity contribution < 1.29 is 5.11 Å². The monoisotopic (exact) mass is 243 g/mol. The Bertz CT molecular complexity index is 534. The minimum Gasteiger partial charge on any atom is -0.392 e. The van der Waals surface area contributed by atoms with Crippen LogP contribution in [0, 0.1) is 0 Å². The zero-order chi connectivity index (χ0) is 12.3. The molecular weight excluding hydrogens is 230 g/mol. The second-order valence-electron chi connectivity index (χ2n) is 3.76. The van der Waals surface area contributed by atoms with E-state index in [4.69, 9.17) is 23.1 Å². The van der Waals surface area contributed by atoms with E-state index in [-0.39, 0.29) is 6.61 Å². The molecule has 17 heavy (non-hydrogen) atoms. The third-order valence-electron chi connectivity index (χ3n) is 2.64. The number of aliphatic hydroxyl groups is 1. The van der Waals surface area contributed by atoms with Crippen LogP contribution in [-0.4, -0.2) is 10.1 Å². The fourth-order valence-corrected chi connectivity index (χ4v) is 1.92. The maximum atomic E-state index is 9.00. The van der Waals surface area contributed by atoms with E-state index in [1.807, 2.05) is 48.5 Å². The summed E-state index contributed by atoms with van der Waals surface area (Å²) in [6.45, 7) is 0.0528. The highest BCUT2D eigenvalue weighted by molar-refractivity contribution is 7.80. The molecule has 0 heterocycles. The molecule has 2 rings (SSSR count). The van der Waals surface area contributed by atoms with Crippen LogP contribution in [0.25, 0.3) is 11.1 Å². The third-order valence-corrected chi connectivity index (χ3v) is 2.86. The average Bonchev–Trinajstić information content (AvgIpc) is 2.39. The molecule has 0 aliphatic heterocycles. The first-order chi connectivity index (χ1) is 8.22. The number of aliphatic hydroxyl groups excluding tert-OH is 1. The van der Waals surface area contributed by atoms with E-state index in [1.54, 1.807) is 0 Å². The van der Waals surface area contributed by atoms with E-state index in [9.17, 15) is 0 Å². The SMILES string of the molecule is NC(=S)c1ccccc1-c1ccc(CO)cc1. The Balaban J connectivity index is 2.48. The lowest BCUT2D eigenvalue weighted by Gasteiger charge is -2.08. The van der Waals surface area contributed by atoms with Crippen LogP contribution in [0.2, 0.25) is 0 Å². The van der Waals surface area contributed by atoms with Crippen LogP contribution in [0.1, 0.15) is 11.1 Å². The Morgan fingerprint density at radius 1 is 1.06 bits per heavy atom. The maximum Gasteiger partial charge on any atom is 0.104 e. The van der Waals surface area contributed by atoms with Gasteiger partial charge in [0.2, 0.25) is 0 Å². The fraction of sp³-hybridized carbons (Fsp3) is 0.0714. The zero-order valence-corrected chi connectivity index (χ0v) is 10.1. The van der Waals surface area contributed by atoms with Gasteiger partial charge >= 0.3 is 0 Å². The molecule has 2 nitrogen and oxygen atoms in total. The van der Waals surface area contributed by atoms with Gasteiger partial charge in [0.15, 0.2) is 0 Å². The Morgan fingerprint density at radius 3 is 2.29 bits per heavy atom. The van der Waals surface area contributed by atoms with Gasteiger partial charge in [-0.3, -0.25) is 0 Å². The number of nitrogens with two attached hydrogens (primary N) is 1. The molecule has 0 unspecified atom stereocenters. The Labute approximate surface area is 106 Å². The van der Waals surface area contributed by atoms with E-state index < -0.39 is 0 Å². The van der Waals surface area contributed by atoms with Crippen molar-refractivity contribution in [2.45, 2.75) is 6.61 Å². The summed E-state index contributed by atoms with van der Waals surface area (Å²) in [5, 5.41) is 9.00. The predicted molar refractivity (Wildman–Crippen MR) is 73.7 cm³/mol. The summed E-state index contributed by atoms with van der Waals surface area (Å²) in [5.41, 5.74) is 9.53. The Kier molecular flexibility index (Phi) is 3.52. The van der Waals surface area contributed by atoms with Gasteiger partial charge in [0, 0.05) is 5.56 Å². The van der Waals surface area contributed by atoms with Crippen molar-refractivity contribution in [2.75, 3.05) is 0 Å². The molecule has 2 aromatic carbocycles. The molecule has 0 atom stereocenters. The summed E-state index contributed by atoms with van der Waals surface area (Å²) in [7, 11) is 0. The number of rotatable bonds is 3. The molecule has 3 N–H and O–H groups in total. The number of hydrogen-bond donors (Lipinski definition) is 2. The van der Waals surface area contributed by atoms with Gasteiger partial charge in [0.25, 0.3) is 0 Å². The molecule has 0 aromatic heterocycles. The first-order valence-corrected chi connectivity index (χ1v) is 5.72. The fourth-order valence-electron chi connectivity index (χ4n) is 1.74. The summed E-state index contributed by atoms with van der Waals surface area (Å²) < 4.78 is 0. The van der Waals surface area contributed by atoms with Crippen LogP contribution in [0.15, 0.2) is 48.5 Å². The van der Waals surface area contributed by atoms with Crippen molar-refractivity contribution >= 4 is 17.2 Å². The molecule has 0 aliphatic rings. The zero-order valence-electron chi connectivity index (χ0n) is 9.26. The smallest absolute Gasteiger partial charge is 0.104 e. The van der Waals surface area contributed by atoms with Gasteiger partial charge in [-0.25, -0.2) is 0 Å². The van der Waals surface area contributed by atoms with E-state index in [1.165, 1.54) is 0 Å². The summed E-state index contributed by atoms with van der Waals surface area (Å²) in [6, 6.07) is 15.5. The molecule has 2 aromatic rings. The molecular formula is C14H13NOS. The van der Waals surface area contributed by atoms with Crippen molar-refractivity contribution in [1.29, 1.82) is 0 Å². The number of hydrogen-bond acceptors (Lipinski definition) is 2. The van der Waals surface area contributed by atoms with Crippen molar-refractivity contribution in [1.82, 2.24) is 0 Å². The van der Waals surface area contributed by atoms with Crippen LogP contribution in [-0.2, 0) is 6.61 Å². The van der Waals surface area contributed by atoms with Gasteiger partial charge in [0.1, 0.15) is 4.99 Å². The highest BCUT2D eigenvalue weighted by Gasteiger charge is 2.06. The lowest BCUT2D eigenvalue weighted by molar-refractivity contribution is 0.282. The first kappa shape index (κ1) is 11.8. The van der Waals surface area contributed by atoms with E-state index in [0.29, 0.717) is 4.99 Å². The maximum absolute atomic E-state index is 9.00. The molecule has 86 valence electrons. The summed E-state index contributed by atoms with van der Waals surface area (Å²) in [6.07, 6.45) is 0. The minimum atomic E-state index is 0.0528. The van der Waals surface area contributed by atoms with Gasteiger partial charge in [-0.2, -0.15) is 0 Å². The summed E-state index contributed by atoms with van der Waals surface area (Å²) in [5.74, 6) is 0. The number of thiocarbonyl (C=S) groups is 1. The van der Waals surface area contributed by atoms with Crippen LogP contribution >= 0.6 is 12.2 Å². The molecule has 0 fully saturated rings. The molecule has 0 bridgehead atoms. The molecule has 0 radical (unpaired) electrons. The number of benzene rings is 2. The highest BCUT2D eigenvalue weighted by Crippen LogP contribution is 2.24. The van der Waals surface area contributed by atoms with E-state index >= 15 is 0 Å². The van der Waals surface area contributed by atoms with Crippen LogP contribution in [0.4, 0.5) is 0 Å². The topological polar surface area (TPSA) is 46.2 Å². The molecule has 3 heteroatoms. The van der Waals surface area contributed by atoms with E-state index in [2.05, 4.69) is 0 Å². The largest absolute Gasteiger partial charge is 0.392 e. The van der Waals surface area contributed by atoms with Crippen molar-refractivity contribution in [3.05, 3.63) is 59.7 Å². The van der Waals surface area contributed by atoms with Gasteiger partial charge in [0.05, 0.1) is 6.61 Å². The molecule has 0 saturated carbocycles. The van der Waals surface area contributed by atoms with E-state index in [0.717, 1.165) is 22.3 Å². The van der Waals surface area contributed by atoms with Crippen molar-refractivity contribution in [3.8, 4) is 11.1 Å². The molecule has 0 spiro atoms. The van der Waals surface area contributed by atoms with Crippen molar-refractivity contribution in [2.24, 2.45) is 5.73 Å². The quantitative estimate of drug-likeness (QED) is 0.814. The second-order valence-corrected chi connectivity index (χ2v) is 4.20. The predicted octanol–water partition coefficient (Wildman–Crippen LogP) is 2.48. The lowest BCUT2D eigenvalue weighted by atomic mass is 9.99. The normalized spacial score (nSPS) is 10.2. The van der Waals surface area contributed by atoms with Gasteiger partial charge < -0.3 is 10.8 Å². The summed E-state index contributed by atoms with van der Waals surface area (Å²) in [4.78, 5) is 0.395. The summed E-state index contributed by atoms with van der Waals surface area (Å²) >= 11 is 5.04. The van der Waals surface area contributed by atoms with Gasteiger partial charge in [-0.05, 0) is 16.7 Å². The van der Waals surface area contributed by atoms with Crippen LogP contribution < -0.4 is 5.73 Å². The van der Waals surface area contributed by atoms with Gasteiger partial charge in [-0.15, -0.1) is 0 Å². The van der Waals surface area contributed by atoms with Gasteiger partial charge in [-0.1, -0.05) is 60.7 Å².